The van der Waals surface area contributed by atoms with Crippen LogP contribution in [-0.2, 0) is 6.42 Å². The number of hydrogen-bond donors (Lipinski definition) is 2. The van der Waals surface area contributed by atoms with Crippen LogP contribution >= 0.6 is 0 Å². The summed E-state index contributed by atoms with van der Waals surface area (Å²) in [6.45, 7) is 4.11. The molecule has 0 fully saturated rings. The quantitative estimate of drug-likeness (QED) is 0.722. The van der Waals surface area contributed by atoms with Gasteiger partial charge in [-0.3, -0.25) is 0 Å². The fourth-order valence-corrected chi connectivity index (χ4v) is 2.10. The first-order valence-corrected chi connectivity index (χ1v) is 5.23. The maximum atomic E-state index is 9.65. The van der Waals surface area contributed by atoms with E-state index in [9.17, 15) is 5.11 Å². The first-order valence-electron chi connectivity index (χ1n) is 5.23. The van der Waals surface area contributed by atoms with Crippen LogP contribution in [0.3, 0.4) is 0 Å². The molecule has 1 heterocycles. The summed E-state index contributed by atoms with van der Waals surface area (Å²) in [7, 11) is 0. The summed E-state index contributed by atoms with van der Waals surface area (Å²) in [5.74, 6) is 5.54. The number of aryl methyl sites for hydroxylation is 1. The van der Waals surface area contributed by atoms with Crippen LogP contribution in [0.4, 0.5) is 5.69 Å². The molecule has 0 saturated carbocycles. The fourth-order valence-electron chi connectivity index (χ4n) is 2.10. The van der Waals surface area contributed by atoms with E-state index in [-0.39, 0.29) is 5.75 Å². The highest BCUT2D eigenvalue weighted by Gasteiger charge is 2.18. The minimum atomic E-state index is 0.108. The van der Waals surface area contributed by atoms with E-state index in [1.165, 1.54) is 5.56 Å². The topological polar surface area (TPSA) is 58.7 Å². The largest absolute Gasteiger partial charge is 0.504 e. The van der Waals surface area contributed by atoms with Crippen LogP contribution in [0, 0.1) is 0 Å². The van der Waals surface area contributed by atoms with Gasteiger partial charge in [0.25, 0.3) is 0 Å². The normalized spacial score (nSPS) is 14.9. The monoisotopic (exact) mass is 208 g/mol. The van der Waals surface area contributed by atoms with Gasteiger partial charge in [-0.1, -0.05) is 0 Å². The van der Waals surface area contributed by atoms with E-state index >= 15 is 0 Å². The Morgan fingerprint density at radius 1 is 1.53 bits per heavy atom. The molecule has 1 aromatic carbocycles. The van der Waals surface area contributed by atoms with Crippen molar-refractivity contribution in [2.24, 2.45) is 5.90 Å². The molecular weight excluding hydrogens is 192 g/mol. The number of fused-ring (bicyclic) bond motifs is 1. The third-order valence-electron chi connectivity index (χ3n) is 2.88. The third kappa shape index (κ3) is 1.72. The van der Waals surface area contributed by atoms with Gasteiger partial charge in [-0.15, -0.1) is 0 Å². The number of anilines is 1. The van der Waals surface area contributed by atoms with Crippen LogP contribution in [0.15, 0.2) is 12.1 Å². The second-order valence-electron chi connectivity index (χ2n) is 3.75. The zero-order valence-electron chi connectivity index (χ0n) is 8.86. The second-order valence-corrected chi connectivity index (χ2v) is 3.75. The smallest absolute Gasteiger partial charge is 0.188 e. The van der Waals surface area contributed by atoms with Crippen molar-refractivity contribution in [3.8, 4) is 11.5 Å². The van der Waals surface area contributed by atoms with Gasteiger partial charge in [0, 0.05) is 24.8 Å². The number of phenols is 1. The van der Waals surface area contributed by atoms with Crippen molar-refractivity contribution in [1.82, 2.24) is 0 Å². The zero-order chi connectivity index (χ0) is 10.8. The first kappa shape index (κ1) is 10.1. The van der Waals surface area contributed by atoms with Crippen LogP contribution < -0.4 is 15.6 Å². The summed E-state index contributed by atoms with van der Waals surface area (Å²) in [5.41, 5.74) is 2.29. The van der Waals surface area contributed by atoms with Crippen molar-refractivity contribution in [2.45, 2.75) is 19.8 Å². The van der Waals surface area contributed by atoms with Crippen molar-refractivity contribution in [3.63, 3.8) is 0 Å². The van der Waals surface area contributed by atoms with Gasteiger partial charge < -0.3 is 14.8 Å². The van der Waals surface area contributed by atoms with E-state index in [0.29, 0.717) is 5.75 Å². The summed E-state index contributed by atoms with van der Waals surface area (Å²) in [4.78, 5) is 6.86. The fraction of sp³-hybridized carbons (Fsp3) is 0.455. The zero-order valence-corrected chi connectivity index (χ0v) is 8.86. The molecule has 1 aromatic rings. The molecule has 0 saturated heterocycles. The Morgan fingerprint density at radius 2 is 2.33 bits per heavy atom. The Bertz CT molecular complexity index is 366. The summed E-state index contributed by atoms with van der Waals surface area (Å²) < 4.78 is 0. The van der Waals surface area contributed by atoms with Gasteiger partial charge in [-0.2, -0.15) is 5.90 Å². The molecule has 4 nitrogen and oxygen atoms in total. The number of nitrogens with zero attached hydrogens (tertiary/aromatic N) is 1. The summed E-state index contributed by atoms with van der Waals surface area (Å²) in [6, 6.07) is 3.56. The summed E-state index contributed by atoms with van der Waals surface area (Å²) in [6.07, 6.45) is 2.15. The maximum absolute atomic E-state index is 9.65. The Labute approximate surface area is 89.2 Å². The molecule has 0 unspecified atom stereocenters. The Kier molecular flexibility index (Phi) is 2.68. The van der Waals surface area contributed by atoms with E-state index in [2.05, 4.69) is 16.7 Å². The standard InChI is InChI=1S/C11H16N2O2/c1-2-13-5-3-4-8-6-11(15-12)10(14)7-9(8)13/h6-7,14H,2-5,12H2,1H3. The summed E-state index contributed by atoms with van der Waals surface area (Å²) >= 11 is 0. The molecule has 0 aromatic heterocycles. The van der Waals surface area contributed by atoms with E-state index < -0.39 is 0 Å². The predicted octanol–water partition coefficient (Wildman–Crippen LogP) is 1.42. The Balaban J connectivity index is 2.45. The number of rotatable bonds is 2. The van der Waals surface area contributed by atoms with Gasteiger partial charge in [0.2, 0.25) is 0 Å². The SMILES string of the molecule is CCN1CCCc2cc(ON)c(O)cc21. The average Bonchev–Trinajstić information content (AvgIpc) is 2.27. The van der Waals surface area contributed by atoms with Gasteiger partial charge in [0.1, 0.15) is 0 Å². The lowest BCUT2D eigenvalue weighted by molar-refractivity contribution is 0.312. The molecule has 0 radical (unpaired) electrons. The van der Waals surface area contributed by atoms with Crippen molar-refractivity contribution in [1.29, 1.82) is 0 Å². The van der Waals surface area contributed by atoms with Crippen LogP contribution in [-0.4, -0.2) is 18.2 Å². The van der Waals surface area contributed by atoms with Crippen LogP contribution in [0.2, 0.25) is 0 Å². The average molecular weight is 208 g/mol. The number of phenolic OH excluding ortho intramolecular Hbond substituents is 1. The molecule has 82 valence electrons. The molecule has 3 N–H and O–H groups in total. The number of nitrogens with two attached hydrogens (primary N) is 1. The lowest BCUT2D eigenvalue weighted by Crippen LogP contribution is -2.28. The number of aromatic hydroxyl groups is 1. The lowest BCUT2D eigenvalue weighted by atomic mass is 10.0. The minimum Gasteiger partial charge on any atom is -0.504 e. The molecule has 15 heavy (non-hydrogen) atoms. The maximum Gasteiger partial charge on any atom is 0.188 e. The second kappa shape index (κ2) is 3.98. The molecule has 0 spiro atoms. The molecule has 1 aliphatic heterocycles. The van der Waals surface area contributed by atoms with Crippen LogP contribution in [0.25, 0.3) is 0 Å². The molecular formula is C11H16N2O2. The van der Waals surface area contributed by atoms with Crippen molar-refractivity contribution < 1.29 is 9.94 Å². The lowest BCUT2D eigenvalue weighted by Gasteiger charge is -2.30. The van der Waals surface area contributed by atoms with E-state index in [0.717, 1.165) is 31.6 Å². The van der Waals surface area contributed by atoms with Crippen molar-refractivity contribution in [3.05, 3.63) is 17.7 Å². The van der Waals surface area contributed by atoms with E-state index in [1.807, 2.05) is 6.07 Å². The molecule has 0 aliphatic carbocycles. The number of hydrogen-bond acceptors (Lipinski definition) is 4. The highest BCUT2D eigenvalue weighted by Crippen LogP contribution is 2.36. The van der Waals surface area contributed by atoms with Gasteiger partial charge in [-0.25, -0.2) is 0 Å². The first-order chi connectivity index (χ1) is 7.26. The molecule has 0 bridgehead atoms. The molecule has 0 atom stereocenters. The van der Waals surface area contributed by atoms with Gasteiger partial charge in [0.05, 0.1) is 0 Å². The van der Waals surface area contributed by atoms with Crippen molar-refractivity contribution in [2.75, 3.05) is 18.0 Å². The molecule has 0 amide bonds. The third-order valence-corrected chi connectivity index (χ3v) is 2.88. The van der Waals surface area contributed by atoms with Crippen LogP contribution in [0.5, 0.6) is 11.5 Å². The molecule has 1 aliphatic rings. The van der Waals surface area contributed by atoms with Gasteiger partial charge in [-0.05, 0) is 31.4 Å². The Morgan fingerprint density at radius 3 is 3.00 bits per heavy atom. The summed E-state index contributed by atoms with van der Waals surface area (Å²) in [5, 5.41) is 9.65. The highest BCUT2D eigenvalue weighted by molar-refractivity contribution is 5.62. The van der Waals surface area contributed by atoms with Crippen molar-refractivity contribution >= 4 is 5.69 Å². The Hall–Kier alpha value is -1.42. The molecule has 2 rings (SSSR count). The van der Waals surface area contributed by atoms with E-state index in [4.69, 9.17) is 5.90 Å². The van der Waals surface area contributed by atoms with E-state index in [1.54, 1.807) is 6.07 Å². The highest BCUT2D eigenvalue weighted by atomic mass is 16.6. The van der Waals surface area contributed by atoms with Gasteiger partial charge in [0.15, 0.2) is 11.5 Å². The van der Waals surface area contributed by atoms with Crippen LogP contribution in [0.1, 0.15) is 18.9 Å². The predicted molar refractivity (Wildman–Crippen MR) is 59.1 cm³/mol. The number of benzene rings is 1. The minimum absolute atomic E-state index is 0.108. The van der Waals surface area contributed by atoms with Gasteiger partial charge >= 0.3 is 0 Å². The molecule has 4 heteroatoms.